The van der Waals surface area contributed by atoms with Gasteiger partial charge in [0.25, 0.3) is 0 Å². The molecule has 3 heterocycles. The molecular formula is C20H13F2N3O. The quantitative estimate of drug-likeness (QED) is 0.606. The lowest BCUT2D eigenvalue weighted by Crippen LogP contribution is -2.06. The number of hydrogen-bond acceptors (Lipinski definition) is 4. The number of nitrogens with zero attached hydrogens (tertiary/aromatic N) is 3. The predicted molar refractivity (Wildman–Crippen MR) is 93.2 cm³/mol. The van der Waals surface area contributed by atoms with Crippen LogP contribution in [-0.2, 0) is 0 Å². The Kier molecular flexibility index (Phi) is 4.10. The monoisotopic (exact) mass is 349 g/mol. The molecule has 0 bridgehead atoms. The second-order valence-corrected chi connectivity index (χ2v) is 5.77. The van der Waals surface area contributed by atoms with E-state index in [-0.39, 0.29) is 5.56 Å². The highest BCUT2D eigenvalue weighted by atomic mass is 19.2. The maximum Gasteiger partial charge on any atom is 0.159 e. The summed E-state index contributed by atoms with van der Waals surface area (Å²) in [7, 11) is 0. The summed E-state index contributed by atoms with van der Waals surface area (Å²) < 4.78 is 26.8. The van der Waals surface area contributed by atoms with Crippen LogP contribution in [0.1, 0.15) is 17.4 Å². The van der Waals surface area contributed by atoms with Crippen LogP contribution in [0.2, 0.25) is 0 Å². The second-order valence-electron chi connectivity index (χ2n) is 5.77. The first-order valence-electron chi connectivity index (χ1n) is 7.92. The van der Waals surface area contributed by atoms with E-state index in [0.29, 0.717) is 22.3 Å². The minimum Gasteiger partial charge on any atom is -0.382 e. The van der Waals surface area contributed by atoms with Crippen molar-refractivity contribution < 1.29 is 13.9 Å². The highest BCUT2D eigenvalue weighted by molar-refractivity contribution is 5.85. The number of halogens is 2. The van der Waals surface area contributed by atoms with E-state index in [1.807, 2.05) is 6.07 Å². The summed E-state index contributed by atoms with van der Waals surface area (Å²) in [6, 6.07) is 12.2. The van der Waals surface area contributed by atoms with Gasteiger partial charge in [0.15, 0.2) is 11.6 Å². The third-order valence-corrected chi connectivity index (χ3v) is 4.12. The summed E-state index contributed by atoms with van der Waals surface area (Å²) in [5, 5.41) is 11.4. The molecule has 0 fully saturated rings. The molecule has 0 aliphatic rings. The normalized spacial score (nSPS) is 12.3. The molecule has 4 nitrogen and oxygen atoms in total. The third-order valence-electron chi connectivity index (χ3n) is 4.12. The topological polar surface area (TPSA) is 58.9 Å². The SMILES string of the molecule is O[C@H](c1ccc(F)c(F)c1)c1nc(-c2ccncc2)cc2ncccc12. The fraction of sp³-hybridized carbons (Fsp3) is 0.0500. The molecule has 0 spiro atoms. The molecule has 3 aromatic heterocycles. The minimum atomic E-state index is -1.22. The molecule has 4 rings (SSSR count). The van der Waals surface area contributed by atoms with Crippen LogP contribution in [0.15, 0.2) is 67.1 Å². The van der Waals surface area contributed by atoms with Gasteiger partial charge in [0, 0.05) is 29.5 Å². The summed E-state index contributed by atoms with van der Waals surface area (Å²) in [6.07, 6.45) is 3.71. The number of aliphatic hydroxyl groups excluding tert-OH is 1. The minimum absolute atomic E-state index is 0.216. The zero-order valence-corrected chi connectivity index (χ0v) is 13.5. The lowest BCUT2D eigenvalue weighted by molar-refractivity contribution is 0.216. The van der Waals surface area contributed by atoms with Gasteiger partial charge in [-0.2, -0.15) is 0 Å². The molecule has 0 aliphatic heterocycles. The van der Waals surface area contributed by atoms with E-state index in [2.05, 4.69) is 15.0 Å². The first-order valence-corrected chi connectivity index (χ1v) is 7.92. The van der Waals surface area contributed by atoms with Crippen LogP contribution in [0.4, 0.5) is 8.78 Å². The number of benzene rings is 1. The number of aromatic nitrogens is 3. The Bertz CT molecular complexity index is 1090. The van der Waals surface area contributed by atoms with Crippen LogP contribution in [-0.4, -0.2) is 20.1 Å². The van der Waals surface area contributed by atoms with E-state index in [0.717, 1.165) is 17.7 Å². The lowest BCUT2D eigenvalue weighted by atomic mass is 10.0. The van der Waals surface area contributed by atoms with Crippen molar-refractivity contribution in [1.29, 1.82) is 0 Å². The average molecular weight is 349 g/mol. The third kappa shape index (κ3) is 2.91. The summed E-state index contributed by atoms with van der Waals surface area (Å²) in [6.45, 7) is 0. The van der Waals surface area contributed by atoms with Crippen molar-refractivity contribution in [3.05, 3.63) is 90.0 Å². The molecule has 128 valence electrons. The molecule has 6 heteroatoms. The van der Waals surface area contributed by atoms with Gasteiger partial charge in [0.2, 0.25) is 0 Å². The summed E-state index contributed by atoms with van der Waals surface area (Å²) >= 11 is 0. The van der Waals surface area contributed by atoms with E-state index >= 15 is 0 Å². The van der Waals surface area contributed by atoms with Gasteiger partial charge in [0.1, 0.15) is 6.10 Å². The Morgan fingerprint density at radius 3 is 2.46 bits per heavy atom. The fourth-order valence-corrected chi connectivity index (χ4v) is 2.82. The Morgan fingerprint density at radius 1 is 0.885 bits per heavy atom. The first kappa shape index (κ1) is 16.2. The fourth-order valence-electron chi connectivity index (χ4n) is 2.82. The molecular weight excluding hydrogens is 336 g/mol. The van der Waals surface area contributed by atoms with E-state index in [9.17, 15) is 13.9 Å². The highest BCUT2D eigenvalue weighted by Gasteiger charge is 2.19. The van der Waals surface area contributed by atoms with Gasteiger partial charge < -0.3 is 5.11 Å². The van der Waals surface area contributed by atoms with Crippen LogP contribution in [0.25, 0.3) is 22.2 Å². The van der Waals surface area contributed by atoms with Crippen LogP contribution in [0.5, 0.6) is 0 Å². The Hall–Kier alpha value is -3.25. The van der Waals surface area contributed by atoms with Gasteiger partial charge in [-0.3, -0.25) is 9.97 Å². The smallest absolute Gasteiger partial charge is 0.159 e. The lowest BCUT2D eigenvalue weighted by Gasteiger charge is -2.15. The first-order chi connectivity index (χ1) is 12.6. The van der Waals surface area contributed by atoms with Gasteiger partial charge in [-0.05, 0) is 48.0 Å². The van der Waals surface area contributed by atoms with Crippen molar-refractivity contribution in [2.45, 2.75) is 6.10 Å². The number of aliphatic hydroxyl groups is 1. The van der Waals surface area contributed by atoms with Crippen molar-refractivity contribution in [2.24, 2.45) is 0 Å². The van der Waals surface area contributed by atoms with Crippen LogP contribution in [0, 0.1) is 11.6 Å². The predicted octanol–water partition coefficient (Wildman–Crippen LogP) is 4.05. The molecule has 26 heavy (non-hydrogen) atoms. The molecule has 1 aromatic carbocycles. The zero-order chi connectivity index (χ0) is 18.1. The van der Waals surface area contributed by atoms with Crippen molar-refractivity contribution in [3.8, 4) is 11.3 Å². The molecule has 0 saturated carbocycles. The average Bonchev–Trinajstić information content (AvgIpc) is 2.69. The highest BCUT2D eigenvalue weighted by Crippen LogP contribution is 2.30. The molecule has 0 amide bonds. The number of rotatable bonds is 3. The Morgan fingerprint density at radius 2 is 1.69 bits per heavy atom. The summed E-state index contributed by atoms with van der Waals surface area (Å²) in [4.78, 5) is 12.9. The van der Waals surface area contributed by atoms with Crippen LogP contribution >= 0.6 is 0 Å². The maximum atomic E-state index is 13.6. The molecule has 0 radical (unpaired) electrons. The van der Waals surface area contributed by atoms with Gasteiger partial charge in [-0.15, -0.1) is 0 Å². The van der Waals surface area contributed by atoms with E-state index in [4.69, 9.17) is 0 Å². The molecule has 4 aromatic rings. The molecule has 1 atom stereocenters. The number of pyridine rings is 3. The van der Waals surface area contributed by atoms with Gasteiger partial charge in [-0.1, -0.05) is 6.07 Å². The van der Waals surface area contributed by atoms with Crippen molar-refractivity contribution in [3.63, 3.8) is 0 Å². The van der Waals surface area contributed by atoms with Gasteiger partial charge in [-0.25, -0.2) is 13.8 Å². The molecule has 1 N–H and O–H groups in total. The molecule has 0 unspecified atom stereocenters. The van der Waals surface area contributed by atoms with E-state index in [1.54, 1.807) is 42.9 Å². The Labute approximate surface area is 147 Å². The largest absolute Gasteiger partial charge is 0.382 e. The Balaban J connectivity index is 1.91. The van der Waals surface area contributed by atoms with Crippen molar-refractivity contribution in [2.75, 3.05) is 0 Å². The summed E-state index contributed by atoms with van der Waals surface area (Å²) in [5.74, 6) is -1.99. The standard InChI is InChI=1S/C20H13F2N3O/c21-15-4-3-13(10-16(15)22)20(26)19-14-2-1-7-24-18(14)11-17(25-19)12-5-8-23-9-6-12/h1-11,20,26H/t20-/m1/s1. The van der Waals surface area contributed by atoms with E-state index < -0.39 is 17.7 Å². The number of hydrogen-bond donors (Lipinski definition) is 1. The number of fused-ring (bicyclic) bond motifs is 1. The van der Waals surface area contributed by atoms with Crippen molar-refractivity contribution in [1.82, 2.24) is 15.0 Å². The van der Waals surface area contributed by atoms with Crippen LogP contribution < -0.4 is 0 Å². The maximum absolute atomic E-state index is 13.6. The summed E-state index contributed by atoms with van der Waals surface area (Å²) in [5.41, 5.74) is 2.61. The van der Waals surface area contributed by atoms with Crippen molar-refractivity contribution >= 4 is 10.9 Å². The molecule has 0 aliphatic carbocycles. The second kappa shape index (κ2) is 6.57. The van der Waals surface area contributed by atoms with Gasteiger partial charge >= 0.3 is 0 Å². The van der Waals surface area contributed by atoms with Crippen LogP contribution in [0.3, 0.4) is 0 Å². The molecule has 0 saturated heterocycles. The zero-order valence-electron chi connectivity index (χ0n) is 13.5. The van der Waals surface area contributed by atoms with Gasteiger partial charge in [0.05, 0.1) is 16.9 Å². The van der Waals surface area contributed by atoms with E-state index in [1.165, 1.54) is 6.07 Å².